The number of carbonyl (C=O) groups excluding carboxylic acids is 1. The van der Waals surface area contributed by atoms with Gasteiger partial charge in [-0.15, -0.1) is 0 Å². The second-order valence-electron chi connectivity index (χ2n) is 8.11. The highest BCUT2D eigenvalue weighted by molar-refractivity contribution is 9.10. The quantitative estimate of drug-likeness (QED) is 0.607. The Morgan fingerprint density at radius 2 is 1.83 bits per heavy atom. The van der Waals surface area contributed by atoms with Crippen LogP contribution in [0.5, 0.6) is 5.75 Å². The topological polar surface area (TPSA) is 32.8 Å². The van der Waals surface area contributed by atoms with E-state index in [1.54, 1.807) is 12.0 Å². The third-order valence-corrected chi connectivity index (χ3v) is 6.81. The van der Waals surface area contributed by atoms with Crippen molar-refractivity contribution in [3.05, 3.63) is 63.1 Å². The fraction of sp³-hybridized carbons (Fsp3) is 0.435. The lowest BCUT2D eigenvalue weighted by Gasteiger charge is -2.45. The van der Waals surface area contributed by atoms with Crippen molar-refractivity contribution in [2.75, 3.05) is 26.7 Å². The van der Waals surface area contributed by atoms with E-state index >= 15 is 0 Å². The SMILES string of the molecule is COc1ccc(CN2C(=O)c3c(C)cc(Br)cc3C23CCN(CC(F)F)CC3)cc1. The summed E-state index contributed by atoms with van der Waals surface area (Å²) in [5.41, 5.74) is 3.26. The van der Waals surface area contributed by atoms with E-state index in [4.69, 9.17) is 4.74 Å². The molecule has 0 aromatic heterocycles. The average Bonchev–Trinajstić information content (AvgIpc) is 2.92. The maximum absolute atomic E-state index is 13.5. The van der Waals surface area contributed by atoms with Gasteiger partial charge in [-0.3, -0.25) is 9.69 Å². The molecule has 1 amide bonds. The maximum atomic E-state index is 13.5. The number of ether oxygens (including phenoxy) is 1. The van der Waals surface area contributed by atoms with Gasteiger partial charge in [-0.2, -0.15) is 0 Å². The first-order valence-electron chi connectivity index (χ1n) is 10.1. The predicted molar refractivity (Wildman–Crippen MR) is 115 cm³/mol. The van der Waals surface area contributed by atoms with E-state index in [1.807, 2.05) is 48.2 Å². The highest BCUT2D eigenvalue weighted by Gasteiger charge is 2.51. The van der Waals surface area contributed by atoms with Gasteiger partial charge in [0.1, 0.15) is 5.75 Å². The molecule has 2 aromatic rings. The number of nitrogens with zero attached hydrogens (tertiary/aromatic N) is 2. The van der Waals surface area contributed by atoms with Crippen LogP contribution in [0, 0.1) is 6.92 Å². The maximum Gasteiger partial charge on any atom is 0.255 e. The van der Waals surface area contributed by atoms with Crippen LogP contribution in [0.1, 0.15) is 39.9 Å². The van der Waals surface area contributed by atoms with Crippen LogP contribution in [-0.2, 0) is 12.1 Å². The van der Waals surface area contributed by atoms with Crippen LogP contribution in [0.4, 0.5) is 8.78 Å². The number of likely N-dealkylation sites (tertiary alicyclic amines) is 1. The minimum Gasteiger partial charge on any atom is -0.497 e. The number of benzene rings is 2. The molecule has 2 aliphatic heterocycles. The summed E-state index contributed by atoms with van der Waals surface area (Å²) in [6.07, 6.45) is -1.06. The number of methoxy groups -OCH3 is 1. The molecule has 160 valence electrons. The van der Waals surface area contributed by atoms with E-state index in [1.165, 1.54) is 0 Å². The number of halogens is 3. The summed E-state index contributed by atoms with van der Waals surface area (Å²) in [6, 6.07) is 11.7. The molecule has 0 aliphatic carbocycles. The molecule has 1 spiro atoms. The average molecular weight is 479 g/mol. The van der Waals surface area contributed by atoms with Crippen molar-refractivity contribution in [2.45, 2.75) is 38.3 Å². The Bertz CT molecular complexity index is 941. The monoisotopic (exact) mass is 478 g/mol. The Balaban J connectivity index is 1.70. The minimum atomic E-state index is -2.34. The second-order valence-corrected chi connectivity index (χ2v) is 9.02. The zero-order chi connectivity index (χ0) is 21.5. The molecule has 1 saturated heterocycles. The summed E-state index contributed by atoms with van der Waals surface area (Å²) in [7, 11) is 1.62. The zero-order valence-electron chi connectivity index (χ0n) is 17.1. The van der Waals surface area contributed by atoms with Gasteiger partial charge in [-0.1, -0.05) is 28.1 Å². The van der Waals surface area contributed by atoms with Crippen molar-refractivity contribution >= 4 is 21.8 Å². The number of aryl methyl sites for hydroxylation is 1. The van der Waals surface area contributed by atoms with Crippen LogP contribution in [0.3, 0.4) is 0 Å². The number of carbonyl (C=O) groups is 1. The second kappa shape index (κ2) is 8.27. The first-order chi connectivity index (χ1) is 14.3. The van der Waals surface area contributed by atoms with E-state index in [2.05, 4.69) is 15.9 Å². The normalized spacial score (nSPS) is 18.3. The smallest absolute Gasteiger partial charge is 0.255 e. The fourth-order valence-electron chi connectivity index (χ4n) is 4.85. The van der Waals surface area contributed by atoms with Crippen LogP contribution in [0.25, 0.3) is 0 Å². The number of fused-ring (bicyclic) bond motifs is 2. The first-order valence-corrected chi connectivity index (χ1v) is 10.9. The zero-order valence-corrected chi connectivity index (χ0v) is 18.7. The van der Waals surface area contributed by atoms with Crippen molar-refractivity contribution in [3.8, 4) is 5.75 Å². The van der Waals surface area contributed by atoms with Gasteiger partial charge in [0.2, 0.25) is 0 Å². The summed E-state index contributed by atoms with van der Waals surface area (Å²) < 4.78 is 32.0. The Morgan fingerprint density at radius 1 is 1.17 bits per heavy atom. The molecule has 2 aliphatic rings. The number of piperidine rings is 1. The molecular formula is C23H25BrF2N2O2. The lowest BCUT2D eigenvalue weighted by molar-refractivity contribution is 0.00784. The number of amides is 1. The van der Waals surface area contributed by atoms with Crippen LogP contribution in [0.2, 0.25) is 0 Å². The van der Waals surface area contributed by atoms with E-state index in [-0.39, 0.29) is 12.5 Å². The lowest BCUT2D eigenvalue weighted by atomic mass is 9.80. The van der Waals surface area contributed by atoms with Gasteiger partial charge in [-0.25, -0.2) is 8.78 Å². The van der Waals surface area contributed by atoms with Gasteiger partial charge in [0, 0.05) is 29.7 Å². The van der Waals surface area contributed by atoms with Crippen LogP contribution < -0.4 is 4.74 Å². The van der Waals surface area contributed by atoms with Gasteiger partial charge in [-0.05, 0) is 60.7 Å². The van der Waals surface area contributed by atoms with E-state index in [9.17, 15) is 13.6 Å². The first kappa shape index (κ1) is 21.2. The van der Waals surface area contributed by atoms with Crippen molar-refractivity contribution in [1.82, 2.24) is 9.80 Å². The molecule has 0 bridgehead atoms. The minimum absolute atomic E-state index is 0.0214. The molecular weight excluding hydrogens is 454 g/mol. The molecule has 4 rings (SSSR count). The Hall–Kier alpha value is -1.99. The highest BCUT2D eigenvalue weighted by Crippen LogP contribution is 2.48. The van der Waals surface area contributed by atoms with E-state index in [0.717, 1.165) is 32.5 Å². The number of alkyl halides is 2. The van der Waals surface area contributed by atoms with Crippen molar-refractivity contribution in [1.29, 1.82) is 0 Å². The Morgan fingerprint density at radius 3 is 2.43 bits per heavy atom. The van der Waals surface area contributed by atoms with Crippen LogP contribution in [0.15, 0.2) is 40.9 Å². The van der Waals surface area contributed by atoms with Crippen molar-refractivity contribution in [2.24, 2.45) is 0 Å². The highest BCUT2D eigenvalue weighted by atomic mass is 79.9. The van der Waals surface area contributed by atoms with Crippen molar-refractivity contribution in [3.63, 3.8) is 0 Å². The van der Waals surface area contributed by atoms with Crippen molar-refractivity contribution < 1.29 is 18.3 Å². The van der Waals surface area contributed by atoms with E-state index in [0.29, 0.717) is 32.5 Å². The van der Waals surface area contributed by atoms with Crippen LogP contribution >= 0.6 is 15.9 Å². The van der Waals surface area contributed by atoms with Gasteiger partial charge >= 0.3 is 0 Å². The number of hydrogen-bond acceptors (Lipinski definition) is 3. The Labute approximate surface area is 183 Å². The molecule has 30 heavy (non-hydrogen) atoms. The van der Waals surface area contributed by atoms with Crippen LogP contribution in [-0.4, -0.2) is 48.9 Å². The summed E-state index contributed by atoms with van der Waals surface area (Å²) in [5, 5.41) is 0. The molecule has 0 saturated carbocycles. The molecule has 0 radical (unpaired) electrons. The number of hydrogen-bond donors (Lipinski definition) is 0. The summed E-state index contributed by atoms with van der Waals surface area (Å²) in [5.74, 6) is 0.790. The molecule has 0 unspecified atom stereocenters. The predicted octanol–water partition coefficient (Wildman–Crippen LogP) is 4.98. The lowest BCUT2D eigenvalue weighted by Crippen LogP contribution is -2.51. The molecule has 0 atom stereocenters. The molecule has 4 nitrogen and oxygen atoms in total. The van der Waals surface area contributed by atoms with Gasteiger partial charge in [0.05, 0.1) is 19.2 Å². The molecule has 2 aromatic carbocycles. The van der Waals surface area contributed by atoms with Gasteiger partial charge in [0.25, 0.3) is 12.3 Å². The molecule has 1 fully saturated rings. The number of rotatable bonds is 5. The third-order valence-electron chi connectivity index (χ3n) is 6.36. The van der Waals surface area contributed by atoms with Gasteiger partial charge < -0.3 is 9.64 Å². The summed E-state index contributed by atoms with van der Waals surface area (Å²) in [6.45, 7) is 3.30. The van der Waals surface area contributed by atoms with Gasteiger partial charge in [0.15, 0.2) is 0 Å². The standard InChI is InChI=1S/C23H25BrF2N2O2/c1-15-11-17(24)12-19-21(15)22(29)28(13-16-3-5-18(30-2)6-4-16)23(19)7-9-27(10-8-23)14-20(25)26/h3-6,11-12,20H,7-10,13-14H2,1-2H3. The summed E-state index contributed by atoms with van der Waals surface area (Å²) in [4.78, 5) is 17.3. The molecule has 2 heterocycles. The largest absolute Gasteiger partial charge is 0.497 e. The fourth-order valence-corrected chi connectivity index (χ4v) is 5.42. The molecule has 7 heteroatoms. The molecule has 0 N–H and O–H groups in total. The third kappa shape index (κ3) is 3.73. The van der Waals surface area contributed by atoms with E-state index < -0.39 is 12.0 Å². The summed E-state index contributed by atoms with van der Waals surface area (Å²) >= 11 is 3.58. The Kier molecular flexibility index (Phi) is 5.86.